The van der Waals surface area contributed by atoms with Crippen molar-refractivity contribution in [1.29, 1.82) is 0 Å². The van der Waals surface area contributed by atoms with Crippen LogP contribution in [0.3, 0.4) is 0 Å². The van der Waals surface area contributed by atoms with Gasteiger partial charge in [0.15, 0.2) is 0 Å². The van der Waals surface area contributed by atoms with Crippen molar-refractivity contribution in [2.24, 2.45) is 0 Å². The first-order valence-electron chi connectivity index (χ1n) is 5.84. The van der Waals surface area contributed by atoms with Crippen LogP contribution in [0.5, 0.6) is 0 Å². The van der Waals surface area contributed by atoms with Crippen molar-refractivity contribution in [2.75, 3.05) is 0 Å². The van der Waals surface area contributed by atoms with E-state index in [4.69, 9.17) is 11.6 Å². The summed E-state index contributed by atoms with van der Waals surface area (Å²) in [6.45, 7) is 1.87. The van der Waals surface area contributed by atoms with Gasteiger partial charge in [-0.3, -0.25) is 4.79 Å². The van der Waals surface area contributed by atoms with Gasteiger partial charge < -0.3 is 5.21 Å². The summed E-state index contributed by atoms with van der Waals surface area (Å²) in [7, 11) is 0. The fourth-order valence-electron chi connectivity index (χ4n) is 2.31. The molecular formula is C15H10ClNO2. The van der Waals surface area contributed by atoms with E-state index in [0.29, 0.717) is 21.0 Å². The van der Waals surface area contributed by atoms with Gasteiger partial charge in [-0.15, -0.1) is 0 Å². The van der Waals surface area contributed by atoms with Crippen LogP contribution >= 0.6 is 11.6 Å². The second-order valence-electron chi connectivity index (χ2n) is 4.42. The minimum atomic E-state index is -0.315. The van der Waals surface area contributed by atoms with Gasteiger partial charge in [0.1, 0.15) is 5.56 Å². The van der Waals surface area contributed by atoms with Gasteiger partial charge in [-0.25, -0.2) is 0 Å². The molecule has 0 saturated carbocycles. The van der Waals surface area contributed by atoms with Crippen LogP contribution in [0.2, 0.25) is 5.02 Å². The van der Waals surface area contributed by atoms with E-state index in [1.54, 1.807) is 30.3 Å². The highest BCUT2D eigenvalue weighted by atomic mass is 35.5. The van der Waals surface area contributed by atoms with Crippen LogP contribution in [0.1, 0.15) is 21.5 Å². The Morgan fingerprint density at radius 1 is 1.11 bits per heavy atom. The van der Waals surface area contributed by atoms with Crippen LogP contribution in [0.15, 0.2) is 42.5 Å². The molecule has 0 fully saturated rings. The molecule has 0 N–H and O–H groups in total. The standard InChI is InChI=1S/C15H10ClNO2/c1-9-5-2-3-6-10(9)14-15(18)13-11(16)7-4-8-12(13)17(14)19/h2-8H,1H3. The molecule has 2 aromatic carbocycles. The molecule has 0 spiro atoms. The lowest BCUT2D eigenvalue weighted by atomic mass is 9.99. The fourth-order valence-corrected chi connectivity index (χ4v) is 2.56. The number of fused-ring (bicyclic) bond motifs is 1. The third-order valence-electron chi connectivity index (χ3n) is 3.26. The summed E-state index contributed by atoms with van der Waals surface area (Å²) >= 11 is 6.02. The highest BCUT2D eigenvalue weighted by molar-refractivity contribution is 6.54. The minimum Gasteiger partial charge on any atom is -0.618 e. The number of ketones is 1. The molecule has 4 heteroatoms. The smallest absolute Gasteiger partial charge is 0.273 e. The summed E-state index contributed by atoms with van der Waals surface area (Å²) in [4.78, 5) is 12.4. The van der Waals surface area contributed by atoms with Gasteiger partial charge in [-0.2, -0.15) is 4.74 Å². The van der Waals surface area contributed by atoms with Crippen LogP contribution in [-0.4, -0.2) is 16.2 Å². The summed E-state index contributed by atoms with van der Waals surface area (Å²) in [5.74, 6) is -0.315. The van der Waals surface area contributed by atoms with Crippen LogP contribution < -0.4 is 0 Å². The van der Waals surface area contributed by atoms with E-state index in [9.17, 15) is 10.0 Å². The zero-order chi connectivity index (χ0) is 13.6. The molecule has 3 rings (SSSR count). The first-order chi connectivity index (χ1) is 9.11. The van der Waals surface area contributed by atoms with E-state index in [1.165, 1.54) is 0 Å². The number of hydrogen-bond donors (Lipinski definition) is 0. The van der Waals surface area contributed by atoms with Crippen LogP contribution in [0.25, 0.3) is 0 Å². The summed E-state index contributed by atoms with van der Waals surface area (Å²) in [5.41, 5.74) is 2.28. The summed E-state index contributed by atoms with van der Waals surface area (Å²) < 4.78 is 0.672. The van der Waals surface area contributed by atoms with Gasteiger partial charge in [-0.1, -0.05) is 35.9 Å². The van der Waals surface area contributed by atoms with Crippen molar-refractivity contribution in [3.05, 3.63) is 69.4 Å². The molecule has 2 aromatic rings. The molecular weight excluding hydrogens is 262 g/mol. The van der Waals surface area contributed by atoms with E-state index < -0.39 is 0 Å². The molecule has 19 heavy (non-hydrogen) atoms. The van der Waals surface area contributed by atoms with Gasteiger partial charge in [0.2, 0.25) is 5.69 Å². The number of benzene rings is 2. The maximum Gasteiger partial charge on any atom is 0.273 e. The molecule has 0 amide bonds. The van der Waals surface area contributed by atoms with Gasteiger partial charge in [0.05, 0.1) is 10.6 Å². The Balaban J connectivity index is 2.27. The van der Waals surface area contributed by atoms with Crippen LogP contribution in [0, 0.1) is 12.1 Å². The largest absolute Gasteiger partial charge is 0.618 e. The molecule has 1 aliphatic rings. The van der Waals surface area contributed by atoms with Crippen molar-refractivity contribution < 1.29 is 9.53 Å². The highest BCUT2D eigenvalue weighted by Crippen LogP contribution is 2.33. The molecule has 0 atom stereocenters. The van der Waals surface area contributed by atoms with Gasteiger partial charge >= 0.3 is 0 Å². The number of hydrogen-bond acceptors (Lipinski definition) is 2. The van der Waals surface area contributed by atoms with Crippen molar-refractivity contribution >= 4 is 28.8 Å². The third kappa shape index (κ3) is 1.66. The van der Waals surface area contributed by atoms with E-state index in [1.807, 2.05) is 19.1 Å². The van der Waals surface area contributed by atoms with Gasteiger partial charge in [0.25, 0.3) is 11.5 Å². The van der Waals surface area contributed by atoms with Crippen molar-refractivity contribution in [3.8, 4) is 0 Å². The first-order valence-corrected chi connectivity index (χ1v) is 6.22. The molecule has 0 saturated heterocycles. The third-order valence-corrected chi connectivity index (χ3v) is 3.57. The van der Waals surface area contributed by atoms with E-state index in [-0.39, 0.29) is 17.1 Å². The first kappa shape index (κ1) is 11.9. The molecule has 94 valence electrons. The molecule has 0 aliphatic carbocycles. The van der Waals surface area contributed by atoms with E-state index >= 15 is 0 Å². The maximum atomic E-state index is 12.4. The fraction of sp³-hybridized carbons (Fsp3) is 0.0667. The predicted molar refractivity (Wildman–Crippen MR) is 74.4 cm³/mol. The lowest BCUT2D eigenvalue weighted by molar-refractivity contribution is -0.355. The Morgan fingerprint density at radius 2 is 1.84 bits per heavy atom. The average Bonchev–Trinajstić information content (AvgIpc) is 2.64. The Labute approximate surface area is 115 Å². The Hall–Kier alpha value is -2.13. The SMILES string of the molecule is Cc1ccccc1C1=[N+]([O-])c2cccc(Cl)c2C1=O. The molecule has 0 bridgehead atoms. The summed E-state index contributed by atoms with van der Waals surface area (Å²) in [6, 6.07) is 12.2. The monoisotopic (exact) mass is 271 g/mol. The second kappa shape index (κ2) is 4.21. The number of aryl methyl sites for hydroxylation is 1. The lowest BCUT2D eigenvalue weighted by Gasteiger charge is -2.04. The number of halogens is 1. The predicted octanol–water partition coefficient (Wildman–Crippen LogP) is 3.48. The van der Waals surface area contributed by atoms with E-state index in [2.05, 4.69) is 0 Å². The molecule has 3 nitrogen and oxygen atoms in total. The van der Waals surface area contributed by atoms with Gasteiger partial charge in [0, 0.05) is 6.07 Å². The highest BCUT2D eigenvalue weighted by Gasteiger charge is 2.38. The molecule has 0 aromatic heterocycles. The number of nitrogens with zero attached hydrogens (tertiary/aromatic N) is 1. The second-order valence-corrected chi connectivity index (χ2v) is 4.83. The average molecular weight is 272 g/mol. The lowest BCUT2D eigenvalue weighted by Crippen LogP contribution is -2.17. The Morgan fingerprint density at radius 3 is 2.53 bits per heavy atom. The van der Waals surface area contributed by atoms with Crippen LogP contribution in [-0.2, 0) is 0 Å². The van der Waals surface area contributed by atoms with Gasteiger partial charge in [-0.05, 0) is 24.6 Å². The van der Waals surface area contributed by atoms with Crippen molar-refractivity contribution in [3.63, 3.8) is 0 Å². The zero-order valence-electron chi connectivity index (χ0n) is 10.2. The van der Waals surface area contributed by atoms with Crippen LogP contribution in [0.4, 0.5) is 5.69 Å². The molecule has 1 aliphatic heterocycles. The zero-order valence-corrected chi connectivity index (χ0v) is 10.9. The normalized spacial score (nSPS) is 13.9. The molecule has 1 heterocycles. The number of Topliss-reactive ketones (excluding diaryl/α,β-unsaturated/α-hetero) is 1. The van der Waals surface area contributed by atoms with Crippen molar-refractivity contribution in [1.82, 2.24) is 0 Å². The number of rotatable bonds is 1. The Bertz CT molecular complexity index is 735. The number of carbonyl (C=O) groups is 1. The molecule has 0 radical (unpaired) electrons. The van der Waals surface area contributed by atoms with Crippen molar-refractivity contribution in [2.45, 2.75) is 6.92 Å². The number of carbonyl (C=O) groups excluding carboxylic acids is 1. The maximum absolute atomic E-state index is 12.4. The minimum absolute atomic E-state index is 0.140. The molecule has 0 unspecified atom stereocenters. The van der Waals surface area contributed by atoms with E-state index in [0.717, 1.165) is 5.56 Å². The quantitative estimate of drug-likeness (QED) is 0.589. The summed E-state index contributed by atoms with van der Waals surface area (Å²) in [6.07, 6.45) is 0. The Kier molecular flexibility index (Phi) is 2.64. The summed E-state index contributed by atoms with van der Waals surface area (Å²) in [5, 5.41) is 12.6. The topological polar surface area (TPSA) is 43.1 Å².